The van der Waals surface area contributed by atoms with Crippen LogP contribution in [0.3, 0.4) is 0 Å². The van der Waals surface area contributed by atoms with Gasteiger partial charge in [-0.3, -0.25) is 0 Å². The number of hydrogen-bond donors (Lipinski definition) is 3. The molecular formula is C12H17N3O3S. The first-order valence-corrected chi connectivity index (χ1v) is 7.78. The third-order valence-corrected chi connectivity index (χ3v) is 4.93. The van der Waals surface area contributed by atoms with Gasteiger partial charge in [0.2, 0.25) is 10.0 Å². The molecular weight excluding hydrogens is 266 g/mol. The number of sulfonamides is 1. The maximum Gasteiger partial charge on any atom is 0.240 e. The molecule has 1 saturated carbocycles. The standard InChI is InChI=1S/C12H17N3O3S/c13-10-7-5-6-18-12(7)11(10)15-8-3-1-2-4-9(8)19(14,16)17/h1-4,7,10-12,15H,5-6,13H2,(H2,14,16,17). The third kappa shape index (κ3) is 2.12. The first-order chi connectivity index (χ1) is 8.98. The molecule has 4 atom stereocenters. The lowest BCUT2D eigenvalue weighted by molar-refractivity contribution is 0.00529. The van der Waals surface area contributed by atoms with Crippen LogP contribution in [0.5, 0.6) is 0 Å². The molecule has 0 aromatic heterocycles. The number of primary sulfonamides is 1. The number of rotatable bonds is 3. The molecule has 1 heterocycles. The van der Waals surface area contributed by atoms with E-state index in [1.54, 1.807) is 18.2 Å². The fourth-order valence-electron chi connectivity index (χ4n) is 2.94. The molecule has 0 bridgehead atoms. The lowest BCUT2D eigenvalue weighted by atomic mass is 9.72. The number of nitrogens with one attached hydrogen (secondary N) is 1. The number of nitrogens with two attached hydrogens (primary N) is 2. The van der Waals surface area contributed by atoms with E-state index in [0.717, 1.165) is 13.0 Å². The first-order valence-electron chi connectivity index (χ1n) is 6.24. The van der Waals surface area contributed by atoms with Crippen molar-refractivity contribution in [1.29, 1.82) is 0 Å². The predicted molar refractivity (Wildman–Crippen MR) is 71.0 cm³/mol. The van der Waals surface area contributed by atoms with Crippen molar-refractivity contribution < 1.29 is 13.2 Å². The molecule has 0 amide bonds. The van der Waals surface area contributed by atoms with Crippen LogP contribution in [0.2, 0.25) is 0 Å². The molecule has 1 aliphatic carbocycles. The van der Waals surface area contributed by atoms with Crippen LogP contribution in [-0.4, -0.2) is 33.2 Å². The highest BCUT2D eigenvalue weighted by molar-refractivity contribution is 7.89. The fraction of sp³-hybridized carbons (Fsp3) is 0.500. The van der Waals surface area contributed by atoms with Gasteiger partial charge in [0.1, 0.15) is 4.90 Å². The minimum atomic E-state index is -3.75. The van der Waals surface area contributed by atoms with Crippen molar-refractivity contribution in [3.63, 3.8) is 0 Å². The Kier molecular flexibility index (Phi) is 3.01. The molecule has 0 spiro atoms. The highest BCUT2D eigenvalue weighted by Crippen LogP contribution is 2.39. The molecule has 5 N–H and O–H groups in total. The third-order valence-electron chi connectivity index (χ3n) is 3.96. The van der Waals surface area contributed by atoms with Crippen molar-refractivity contribution in [2.45, 2.75) is 29.5 Å². The van der Waals surface area contributed by atoms with Crippen LogP contribution in [0.4, 0.5) is 5.69 Å². The zero-order valence-corrected chi connectivity index (χ0v) is 11.1. The number of hydrogen-bond acceptors (Lipinski definition) is 5. The first kappa shape index (κ1) is 12.9. The molecule has 1 aliphatic heterocycles. The molecule has 1 aromatic rings. The number of ether oxygens (including phenoxy) is 1. The van der Waals surface area contributed by atoms with Crippen molar-refractivity contribution in [3.8, 4) is 0 Å². The summed E-state index contributed by atoms with van der Waals surface area (Å²) < 4.78 is 28.7. The predicted octanol–water partition coefficient (Wildman–Crippen LogP) is -0.140. The summed E-state index contributed by atoms with van der Waals surface area (Å²) in [7, 11) is -3.75. The summed E-state index contributed by atoms with van der Waals surface area (Å²) in [5.41, 5.74) is 6.58. The van der Waals surface area contributed by atoms with Gasteiger partial charge in [-0.2, -0.15) is 0 Å². The summed E-state index contributed by atoms with van der Waals surface area (Å²) in [4.78, 5) is 0.0867. The summed E-state index contributed by atoms with van der Waals surface area (Å²) in [5.74, 6) is 0.374. The second kappa shape index (κ2) is 4.45. The maximum absolute atomic E-state index is 11.5. The van der Waals surface area contributed by atoms with Gasteiger partial charge in [0, 0.05) is 18.6 Å². The van der Waals surface area contributed by atoms with Crippen molar-refractivity contribution in [2.75, 3.05) is 11.9 Å². The number of fused-ring (bicyclic) bond motifs is 1. The van der Waals surface area contributed by atoms with E-state index in [1.165, 1.54) is 6.07 Å². The molecule has 1 saturated heterocycles. The van der Waals surface area contributed by atoms with Crippen LogP contribution >= 0.6 is 0 Å². The minimum absolute atomic E-state index is 0.0129. The summed E-state index contributed by atoms with van der Waals surface area (Å²) in [5, 5.41) is 8.37. The Morgan fingerprint density at radius 2 is 2.05 bits per heavy atom. The molecule has 7 heteroatoms. The van der Waals surface area contributed by atoms with Crippen LogP contribution in [0.15, 0.2) is 29.2 Å². The van der Waals surface area contributed by atoms with Crippen molar-refractivity contribution in [1.82, 2.24) is 0 Å². The monoisotopic (exact) mass is 283 g/mol. The van der Waals surface area contributed by atoms with E-state index in [9.17, 15) is 8.42 Å². The number of benzene rings is 1. The van der Waals surface area contributed by atoms with Crippen LogP contribution in [-0.2, 0) is 14.8 Å². The molecule has 1 aromatic carbocycles. The van der Waals surface area contributed by atoms with Gasteiger partial charge in [-0.1, -0.05) is 12.1 Å². The van der Waals surface area contributed by atoms with Crippen molar-refractivity contribution >= 4 is 15.7 Å². The Balaban J connectivity index is 1.85. The lowest BCUT2D eigenvalue weighted by Gasteiger charge is -2.46. The van der Waals surface area contributed by atoms with Crippen LogP contribution in [0, 0.1) is 5.92 Å². The van der Waals surface area contributed by atoms with Gasteiger partial charge >= 0.3 is 0 Å². The molecule has 0 radical (unpaired) electrons. The van der Waals surface area contributed by atoms with E-state index in [0.29, 0.717) is 11.6 Å². The molecule has 4 unspecified atom stereocenters. The smallest absolute Gasteiger partial charge is 0.240 e. The quantitative estimate of drug-likeness (QED) is 0.715. The SMILES string of the molecule is NC1C2CCOC2C1Nc1ccccc1S(N)(=O)=O. The minimum Gasteiger partial charge on any atom is -0.377 e. The van der Waals surface area contributed by atoms with Crippen molar-refractivity contribution in [3.05, 3.63) is 24.3 Å². The zero-order chi connectivity index (χ0) is 13.6. The summed E-state index contributed by atoms with van der Waals surface area (Å²) in [6.45, 7) is 0.720. The Bertz CT molecular complexity index is 590. The molecule has 19 heavy (non-hydrogen) atoms. The Morgan fingerprint density at radius 1 is 1.32 bits per heavy atom. The lowest BCUT2D eigenvalue weighted by Crippen LogP contribution is -2.65. The molecule has 2 aliphatic rings. The molecule has 2 fully saturated rings. The average Bonchev–Trinajstić information content (AvgIpc) is 2.80. The molecule has 3 rings (SSSR count). The highest BCUT2D eigenvalue weighted by atomic mass is 32.2. The normalized spacial score (nSPS) is 33.6. The highest BCUT2D eigenvalue weighted by Gasteiger charge is 2.52. The molecule has 6 nitrogen and oxygen atoms in total. The number of anilines is 1. The Hall–Kier alpha value is -1.15. The Morgan fingerprint density at radius 3 is 2.79 bits per heavy atom. The van der Waals surface area contributed by atoms with Gasteiger partial charge in [0.05, 0.1) is 17.8 Å². The van der Waals surface area contributed by atoms with Gasteiger partial charge < -0.3 is 15.8 Å². The van der Waals surface area contributed by atoms with Gasteiger partial charge in [-0.05, 0) is 18.6 Å². The van der Waals surface area contributed by atoms with Crippen LogP contribution in [0.25, 0.3) is 0 Å². The molecule has 104 valence electrons. The summed E-state index contributed by atoms with van der Waals surface area (Å²) >= 11 is 0. The van der Waals surface area contributed by atoms with Crippen LogP contribution < -0.4 is 16.2 Å². The Labute approximate surface area is 112 Å². The largest absolute Gasteiger partial charge is 0.377 e. The van der Waals surface area contributed by atoms with E-state index in [4.69, 9.17) is 15.6 Å². The van der Waals surface area contributed by atoms with Crippen molar-refractivity contribution in [2.24, 2.45) is 16.8 Å². The van der Waals surface area contributed by atoms with Gasteiger partial charge in [-0.15, -0.1) is 0 Å². The number of para-hydroxylation sites is 1. The van der Waals surface area contributed by atoms with Crippen LogP contribution in [0.1, 0.15) is 6.42 Å². The van der Waals surface area contributed by atoms with Gasteiger partial charge in [0.25, 0.3) is 0 Å². The van der Waals surface area contributed by atoms with E-state index >= 15 is 0 Å². The fourth-order valence-corrected chi connectivity index (χ4v) is 3.64. The topological polar surface area (TPSA) is 107 Å². The zero-order valence-electron chi connectivity index (χ0n) is 10.3. The second-order valence-electron chi connectivity index (χ2n) is 5.08. The second-order valence-corrected chi connectivity index (χ2v) is 6.61. The summed E-state index contributed by atoms with van der Waals surface area (Å²) in [6, 6.07) is 6.49. The van der Waals surface area contributed by atoms with E-state index in [2.05, 4.69) is 5.32 Å². The van der Waals surface area contributed by atoms with E-state index < -0.39 is 10.0 Å². The van der Waals surface area contributed by atoms with E-state index in [1.807, 2.05) is 0 Å². The van der Waals surface area contributed by atoms with Gasteiger partial charge in [-0.25, -0.2) is 13.6 Å². The average molecular weight is 283 g/mol. The summed E-state index contributed by atoms with van der Waals surface area (Å²) in [6.07, 6.45) is 1.05. The van der Waals surface area contributed by atoms with Gasteiger partial charge in [0.15, 0.2) is 0 Å². The maximum atomic E-state index is 11.5. The van der Waals surface area contributed by atoms with E-state index in [-0.39, 0.29) is 23.1 Å².